The molecule has 156 valence electrons. The lowest BCUT2D eigenvalue weighted by Gasteiger charge is -2.13. The molecule has 0 spiro atoms. The molecule has 0 saturated carbocycles. The van der Waals surface area contributed by atoms with Gasteiger partial charge in [-0.25, -0.2) is 4.39 Å². The first kappa shape index (κ1) is 20.3. The summed E-state index contributed by atoms with van der Waals surface area (Å²) in [6.45, 7) is 3.76. The van der Waals surface area contributed by atoms with Crippen LogP contribution in [0.2, 0.25) is 0 Å². The number of aryl methyl sites for hydroxylation is 1. The van der Waals surface area contributed by atoms with Gasteiger partial charge >= 0.3 is 0 Å². The summed E-state index contributed by atoms with van der Waals surface area (Å²) >= 11 is 0. The summed E-state index contributed by atoms with van der Waals surface area (Å²) < 4.78 is 24.8. The SMILES string of the molecule is COc1c(/C(C)=C/C(=O)Nc2cccnc2)cc2c(-c3ccc(F)cc3)coc2c1C. The smallest absolute Gasteiger partial charge is 0.248 e. The van der Waals surface area contributed by atoms with E-state index in [0.717, 1.165) is 33.2 Å². The van der Waals surface area contributed by atoms with Crippen LogP contribution >= 0.6 is 0 Å². The largest absolute Gasteiger partial charge is 0.496 e. The fourth-order valence-electron chi connectivity index (χ4n) is 3.61. The maximum Gasteiger partial charge on any atom is 0.248 e. The zero-order valence-electron chi connectivity index (χ0n) is 17.4. The molecule has 2 heterocycles. The van der Waals surface area contributed by atoms with E-state index < -0.39 is 0 Å². The number of ether oxygens (including phenoxy) is 1. The third-order valence-electron chi connectivity index (χ3n) is 5.10. The molecule has 0 atom stereocenters. The molecule has 1 amide bonds. The van der Waals surface area contributed by atoms with Crippen molar-refractivity contribution in [2.45, 2.75) is 13.8 Å². The van der Waals surface area contributed by atoms with E-state index in [1.807, 2.05) is 19.9 Å². The predicted molar refractivity (Wildman–Crippen MR) is 119 cm³/mol. The van der Waals surface area contributed by atoms with Crippen LogP contribution < -0.4 is 10.1 Å². The third-order valence-corrected chi connectivity index (χ3v) is 5.10. The van der Waals surface area contributed by atoms with E-state index in [9.17, 15) is 9.18 Å². The minimum atomic E-state index is -0.298. The molecule has 0 unspecified atom stereocenters. The summed E-state index contributed by atoms with van der Waals surface area (Å²) in [4.78, 5) is 16.5. The number of hydrogen-bond donors (Lipinski definition) is 1. The minimum absolute atomic E-state index is 0.267. The van der Waals surface area contributed by atoms with Gasteiger partial charge < -0.3 is 14.5 Å². The molecule has 0 bridgehead atoms. The number of hydrogen-bond acceptors (Lipinski definition) is 4. The number of halogens is 1. The molecule has 0 aliphatic rings. The fraction of sp³-hybridized carbons (Fsp3) is 0.120. The van der Waals surface area contributed by atoms with E-state index in [-0.39, 0.29) is 11.7 Å². The van der Waals surface area contributed by atoms with Gasteiger partial charge in [-0.15, -0.1) is 0 Å². The van der Waals surface area contributed by atoms with Crippen LogP contribution in [0.4, 0.5) is 10.1 Å². The van der Waals surface area contributed by atoms with E-state index in [1.165, 1.54) is 18.2 Å². The van der Waals surface area contributed by atoms with Crippen molar-refractivity contribution in [3.63, 3.8) is 0 Å². The number of nitrogens with one attached hydrogen (secondary N) is 1. The van der Waals surface area contributed by atoms with Crippen molar-refractivity contribution < 1.29 is 18.3 Å². The van der Waals surface area contributed by atoms with Gasteiger partial charge in [0, 0.05) is 34.3 Å². The zero-order valence-corrected chi connectivity index (χ0v) is 17.4. The first-order valence-corrected chi connectivity index (χ1v) is 9.72. The Morgan fingerprint density at radius 3 is 2.68 bits per heavy atom. The van der Waals surface area contributed by atoms with Gasteiger partial charge in [0.2, 0.25) is 5.91 Å². The molecule has 0 fully saturated rings. The van der Waals surface area contributed by atoms with E-state index in [2.05, 4.69) is 10.3 Å². The maximum absolute atomic E-state index is 13.4. The molecule has 1 N–H and O–H groups in total. The number of furan rings is 1. The molecule has 2 aromatic carbocycles. The number of anilines is 1. The molecule has 4 aromatic rings. The quantitative estimate of drug-likeness (QED) is 0.406. The fourth-order valence-corrected chi connectivity index (χ4v) is 3.61. The Hall–Kier alpha value is -3.93. The Kier molecular flexibility index (Phi) is 5.54. The first-order valence-electron chi connectivity index (χ1n) is 9.72. The first-order chi connectivity index (χ1) is 15.0. The molecular weight excluding hydrogens is 395 g/mol. The molecule has 2 aromatic heterocycles. The third kappa shape index (κ3) is 4.05. The van der Waals surface area contributed by atoms with Gasteiger partial charge in [0.05, 0.1) is 25.3 Å². The number of benzene rings is 2. The minimum Gasteiger partial charge on any atom is -0.496 e. The van der Waals surface area contributed by atoms with Crippen molar-refractivity contribution in [3.05, 3.63) is 84.1 Å². The van der Waals surface area contributed by atoms with Crippen LogP contribution in [-0.2, 0) is 4.79 Å². The number of methoxy groups -OCH3 is 1. The topological polar surface area (TPSA) is 64.4 Å². The summed E-state index contributed by atoms with van der Waals surface area (Å²) in [5, 5.41) is 3.66. The lowest BCUT2D eigenvalue weighted by Crippen LogP contribution is -2.08. The van der Waals surface area contributed by atoms with Crippen LogP contribution in [0.1, 0.15) is 18.1 Å². The van der Waals surface area contributed by atoms with E-state index in [1.54, 1.807) is 50.0 Å². The number of allylic oxidation sites excluding steroid dienone is 1. The monoisotopic (exact) mass is 416 g/mol. The van der Waals surface area contributed by atoms with Gasteiger partial charge in [-0.05, 0) is 55.3 Å². The van der Waals surface area contributed by atoms with Crippen molar-refractivity contribution >= 4 is 28.1 Å². The molecule has 31 heavy (non-hydrogen) atoms. The van der Waals surface area contributed by atoms with Crippen molar-refractivity contribution in [1.29, 1.82) is 0 Å². The Morgan fingerprint density at radius 2 is 2.00 bits per heavy atom. The van der Waals surface area contributed by atoms with Crippen molar-refractivity contribution in [2.24, 2.45) is 0 Å². The van der Waals surface area contributed by atoms with Gasteiger partial charge in [0.15, 0.2) is 0 Å². The highest BCUT2D eigenvalue weighted by molar-refractivity contribution is 6.05. The number of carbonyl (C=O) groups excluding carboxylic acids is 1. The van der Waals surface area contributed by atoms with Gasteiger partial charge in [-0.1, -0.05) is 12.1 Å². The van der Waals surface area contributed by atoms with Crippen LogP contribution in [0, 0.1) is 12.7 Å². The van der Waals surface area contributed by atoms with E-state index in [4.69, 9.17) is 9.15 Å². The predicted octanol–water partition coefficient (Wildman–Crippen LogP) is 5.99. The number of carbonyl (C=O) groups is 1. The molecule has 4 rings (SSSR count). The number of fused-ring (bicyclic) bond motifs is 1. The average molecular weight is 416 g/mol. The Labute approximate surface area is 179 Å². The second kappa shape index (κ2) is 8.44. The molecule has 5 nitrogen and oxygen atoms in total. The average Bonchev–Trinajstić information content (AvgIpc) is 3.19. The van der Waals surface area contributed by atoms with Gasteiger partial charge in [0.1, 0.15) is 17.1 Å². The standard InChI is InChI=1S/C25H21FN2O3/c1-15(11-23(29)28-19-5-4-10-27-13-19)20-12-21-22(17-6-8-18(26)9-7-17)14-31-25(21)16(2)24(20)30-3/h4-14H,1-3H3,(H,28,29)/b15-11+. The number of amides is 1. The second-order valence-electron chi connectivity index (χ2n) is 7.17. The summed E-state index contributed by atoms with van der Waals surface area (Å²) in [7, 11) is 1.59. The lowest BCUT2D eigenvalue weighted by molar-refractivity contribution is -0.111. The molecule has 6 heteroatoms. The van der Waals surface area contributed by atoms with Gasteiger partial charge in [-0.2, -0.15) is 0 Å². The van der Waals surface area contributed by atoms with Gasteiger partial charge in [0.25, 0.3) is 0 Å². The maximum atomic E-state index is 13.4. The lowest BCUT2D eigenvalue weighted by atomic mass is 9.96. The van der Waals surface area contributed by atoms with Crippen molar-refractivity contribution in [1.82, 2.24) is 4.98 Å². The molecule has 0 aliphatic carbocycles. The van der Waals surface area contributed by atoms with Crippen LogP contribution in [0.5, 0.6) is 5.75 Å². The van der Waals surface area contributed by atoms with Crippen LogP contribution in [-0.4, -0.2) is 18.0 Å². The van der Waals surface area contributed by atoms with Crippen molar-refractivity contribution in [2.75, 3.05) is 12.4 Å². The second-order valence-corrected chi connectivity index (χ2v) is 7.17. The number of aromatic nitrogens is 1. The van der Waals surface area contributed by atoms with E-state index >= 15 is 0 Å². The number of pyridine rings is 1. The van der Waals surface area contributed by atoms with Gasteiger partial charge in [-0.3, -0.25) is 9.78 Å². The molecular formula is C25H21FN2O3. The summed E-state index contributed by atoms with van der Waals surface area (Å²) in [6, 6.07) is 11.7. The Morgan fingerprint density at radius 1 is 1.23 bits per heavy atom. The normalized spacial score (nSPS) is 11.5. The summed E-state index contributed by atoms with van der Waals surface area (Å²) in [5.41, 5.74) is 5.31. The highest BCUT2D eigenvalue weighted by Gasteiger charge is 2.19. The van der Waals surface area contributed by atoms with E-state index in [0.29, 0.717) is 17.0 Å². The Balaban J connectivity index is 1.78. The highest BCUT2D eigenvalue weighted by Crippen LogP contribution is 2.40. The summed E-state index contributed by atoms with van der Waals surface area (Å²) in [5.74, 6) is 0.0696. The molecule has 0 aliphatic heterocycles. The van der Waals surface area contributed by atoms with Crippen molar-refractivity contribution in [3.8, 4) is 16.9 Å². The zero-order chi connectivity index (χ0) is 22.0. The van der Waals surface area contributed by atoms with Crippen LogP contribution in [0.25, 0.3) is 27.7 Å². The summed E-state index contributed by atoms with van der Waals surface area (Å²) in [6.07, 6.45) is 6.40. The number of nitrogens with zero attached hydrogens (tertiary/aromatic N) is 1. The van der Waals surface area contributed by atoms with Crippen LogP contribution in [0.3, 0.4) is 0 Å². The van der Waals surface area contributed by atoms with Crippen LogP contribution in [0.15, 0.2) is 71.6 Å². The molecule has 0 saturated heterocycles. The highest BCUT2D eigenvalue weighted by atomic mass is 19.1. The molecule has 0 radical (unpaired) electrons. The number of rotatable bonds is 5. The Bertz CT molecular complexity index is 1280.